The van der Waals surface area contributed by atoms with Gasteiger partial charge in [0, 0.05) is 5.56 Å². The lowest BCUT2D eigenvalue weighted by Gasteiger charge is -2.19. The minimum atomic E-state index is -3.39. The van der Waals surface area contributed by atoms with Crippen LogP contribution in [0.25, 0.3) is 10.2 Å². The molecule has 1 unspecified atom stereocenters. The van der Waals surface area contributed by atoms with Crippen molar-refractivity contribution < 1.29 is 28.2 Å². The van der Waals surface area contributed by atoms with Crippen LogP contribution >= 0.6 is 11.3 Å². The van der Waals surface area contributed by atoms with Crippen LogP contribution in [0.4, 0.5) is 5.13 Å². The van der Waals surface area contributed by atoms with Crippen LogP contribution in [-0.2, 0) is 27.8 Å². The minimum absolute atomic E-state index is 0.0252. The summed E-state index contributed by atoms with van der Waals surface area (Å²) in [5, 5.41) is 22.3. The van der Waals surface area contributed by atoms with Crippen LogP contribution < -0.4 is 10.1 Å². The molecular weight excluding hydrogens is 524 g/mol. The molecule has 0 bridgehead atoms. The van der Waals surface area contributed by atoms with Crippen molar-refractivity contribution in [3.63, 3.8) is 0 Å². The summed E-state index contributed by atoms with van der Waals surface area (Å²) in [6.07, 6.45) is -1.08. The summed E-state index contributed by atoms with van der Waals surface area (Å²) in [5.41, 5.74) is 3.36. The highest BCUT2D eigenvalue weighted by Crippen LogP contribution is 2.31. The molecule has 0 aliphatic rings. The zero-order chi connectivity index (χ0) is 27.4. The first-order valence-electron chi connectivity index (χ1n) is 12.2. The molecule has 0 aliphatic heterocycles. The molecule has 1 amide bonds. The highest BCUT2D eigenvalue weighted by Gasteiger charge is 2.25. The number of amides is 1. The SMILES string of the molecule is CCS(=O)(=O)c1ccc(C(Oc2ccc(C(C)C)cc2)C(=O)Nc2nc3cc(CO)c(CO)cc3s2)cc1. The molecule has 3 aromatic carbocycles. The molecule has 0 saturated carbocycles. The van der Waals surface area contributed by atoms with Gasteiger partial charge in [0.15, 0.2) is 15.0 Å². The number of sulfone groups is 1. The van der Waals surface area contributed by atoms with E-state index in [2.05, 4.69) is 24.1 Å². The molecule has 4 rings (SSSR count). The lowest BCUT2D eigenvalue weighted by Crippen LogP contribution is -2.25. The Hall–Kier alpha value is -3.31. The van der Waals surface area contributed by atoms with Crippen molar-refractivity contribution in [2.75, 3.05) is 11.1 Å². The fraction of sp³-hybridized carbons (Fsp3) is 0.286. The van der Waals surface area contributed by atoms with Crippen molar-refractivity contribution in [1.29, 1.82) is 0 Å². The number of benzene rings is 3. The van der Waals surface area contributed by atoms with Gasteiger partial charge >= 0.3 is 0 Å². The van der Waals surface area contributed by atoms with Gasteiger partial charge in [0.05, 0.1) is 34.1 Å². The number of nitrogens with zero attached hydrogens (tertiary/aromatic N) is 1. The van der Waals surface area contributed by atoms with Crippen LogP contribution in [0, 0.1) is 0 Å². The molecule has 200 valence electrons. The molecule has 3 N–H and O–H groups in total. The standard InChI is InChI=1S/C28H30N2O6S2/c1-4-38(34,35)23-11-7-19(8-12-23)26(36-22-9-5-18(6-10-22)17(2)3)27(33)30-28-29-24-13-20(15-31)21(16-32)14-25(24)37-28/h5-14,17,26,31-32H,4,15-16H2,1-3H3,(H,29,30,33). The van der Waals surface area contributed by atoms with E-state index in [-0.39, 0.29) is 23.9 Å². The molecule has 1 heterocycles. The summed E-state index contributed by atoms with van der Waals surface area (Å²) in [7, 11) is -3.39. The van der Waals surface area contributed by atoms with E-state index in [4.69, 9.17) is 4.74 Å². The third kappa shape index (κ3) is 6.05. The Morgan fingerprint density at radius 1 is 0.974 bits per heavy atom. The first-order chi connectivity index (χ1) is 18.1. The number of aliphatic hydroxyl groups is 2. The van der Waals surface area contributed by atoms with Crippen molar-refractivity contribution in [2.45, 2.75) is 50.9 Å². The van der Waals surface area contributed by atoms with Gasteiger partial charge in [-0.2, -0.15) is 0 Å². The van der Waals surface area contributed by atoms with E-state index in [1.165, 1.54) is 23.5 Å². The van der Waals surface area contributed by atoms with E-state index < -0.39 is 21.8 Å². The van der Waals surface area contributed by atoms with E-state index in [0.717, 1.165) is 10.3 Å². The van der Waals surface area contributed by atoms with Crippen LogP contribution in [0.1, 0.15) is 55.0 Å². The van der Waals surface area contributed by atoms with Crippen molar-refractivity contribution in [1.82, 2.24) is 4.98 Å². The summed E-state index contributed by atoms with van der Waals surface area (Å²) in [5.74, 6) is 0.327. The molecule has 0 fully saturated rings. The predicted octanol–water partition coefficient (Wildman–Crippen LogP) is 4.96. The zero-order valence-corrected chi connectivity index (χ0v) is 23.0. The number of aliphatic hydroxyl groups excluding tert-OH is 2. The Morgan fingerprint density at radius 3 is 2.16 bits per heavy atom. The van der Waals surface area contributed by atoms with Gasteiger partial charge in [0.1, 0.15) is 5.75 Å². The highest BCUT2D eigenvalue weighted by molar-refractivity contribution is 7.91. The van der Waals surface area contributed by atoms with Crippen LogP contribution in [0.2, 0.25) is 0 Å². The molecule has 1 aromatic heterocycles. The number of anilines is 1. The molecule has 0 radical (unpaired) electrons. The molecule has 8 nitrogen and oxygen atoms in total. The molecule has 1 atom stereocenters. The molecule has 38 heavy (non-hydrogen) atoms. The lowest BCUT2D eigenvalue weighted by atomic mass is 10.0. The Morgan fingerprint density at radius 2 is 1.58 bits per heavy atom. The van der Waals surface area contributed by atoms with Crippen LogP contribution in [-0.4, -0.2) is 35.3 Å². The first kappa shape index (κ1) is 27.7. The summed E-state index contributed by atoms with van der Waals surface area (Å²) in [6, 6.07) is 17.0. The Labute approximate surface area is 225 Å². The second-order valence-electron chi connectivity index (χ2n) is 9.11. The maximum Gasteiger partial charge on any atom is 0.271 e. The van der Waals surface area contributed by atoms with Crippen molar-refractivity contribution in [3.8, 4) is 5.75 Å². The number of ether oxygens (including phenoxy) is 1. The van der Waals surface area contributed by atoms with Gasteiger partial charge in [-0.05, 0) is 59.0 Å². The summed E-state index contributed by atoms with van der Waals surface area (Å²) in [6.45, 7) is 5.29. The van der Waals surface area contributed by atoms with Gasteiger partial charge in [0.2, 0.25) is 6.10 Å². The lowest BCUT2D eigenvalue weighted by molar-refractivity contribution is -0.123. The number of hydrogen-bond donors (Lipinski definition) is 3. The van der Waals surface area contributed by atoms with Crippen molar-refractivity contribution >= 4 is 42.4 Å². The molecule has 0 aliphatic carbocycles. The summed E-state index contributed by atoms with van der Waals surface area (Å²) < 4.78 is 31.4. The number of nitrogens with one attached hydrogen (secondary N) is 1. The molecule has 4 aromatic rings. The number of carbonyl (C=O) groups is 1. The largest absolute Gasteiger partial charge is 0.476 e. The van der Waals surface area contributed by atoms with E-state index in [9.17, 15) is 23.4 Å². The van der Waals surface area contributed by atoms with Crippen LogP contribution in [0.15, 0.2) is 65.6 Å². The van der Waals surface area contributed by atoms with Gasteiger partial charge in [-0.15, -0.1) is 0 Å². The fourth-order valence-corrected chi connectivity index (χ4v) is 5.73. The quantitative estimate of drug-likeness (QED) is 0.253. The van der Waals surface area contributed by atoms with Crippen LogP contribution in [0.5, 0.6) is 5.75 Å². The van der Waals surface area contributed by atoms with Gasteiger partial charge in [-0.1, -0.05) is 56.4 Å². The second kappa shape index (κ2) is 11.6. The second-order valence-corrected chi connectivity index (χ2v) is 12.4. The zero-order valence-electron chi connectivity index (χ0n) is 21.3. The number of thiazole rings is 1. The smallest absolute Gasteiger partial charge is 0.271 e. The van der Waals surface area contributed by atoms with E-state index >= 15 is 0 Å². The van der Waals surface area contributed by atoms with Gasteiger partial charge in [-0.25, -0.2) is 13.4 Å². The first-order valence-corrected chi connectivity index (χ1v) is 14.7. The average molecular weight is 555 g/mol. The predicted molar refractivity (Wildman–Crippen MR) is 148 cm³/mol. The van der Waals surface area contributed by atoms with Crippen molar-refractivity contribution in [2.24, 2.45) is 0 Å². The minimum Gasteiger partial charge on any atom is -0.476 e. The molecular formula is C28H30N2O6S2. The summed E-state index contributed by atoms with van der Waals surface area (Å²) >= 11 is 1.24. The Balaban J connectivity index is 1.65. The normalized spacial score (nSPS) is 12.6. The molecule has 0 spiro atoms. The van der Waals surface area contributed by atoms with E-state index in [0.29, 0.717) is 39.0 Å². The number of hydrogen-bond acceptors (Lipinski definition) is 8. The van der Waals surface area contributed by atoms with Gasteiger partial charge in [0.25, 0.3) is 5.91 Å². The van der Waals surface area contributed by atoms with Gasteiger partial charge < -0.3 is 14.9 Å². The average Bonchev–Trinajstić information content (AvgIpc) is 3.31. The Kier molecular flexibility index (Phi) is 8.47. The van der Waals surface area contributed by atoms with E-state index in [1.54, 1.807) is 43.3 Å². The monoisotopic (exact) mass is 554 g/mol. The fourth-order valence-electron chi connectivity index (χ4n) is 3.93. The number of rotatable bonds is 10. The maximum absolute atomic E-state index is 13.5. The summed E-state index contributed by atoms with van der Waals surface area (Å²) in [4.78, 5) is 18.1. The third-order valence-corrected chi connectivity index (χ3v) is 8.93. The Bertz CT molecular complexity index is 1490. The van der Waals surface area contributed by atoms with Crippen molar-refractivity contribution in [3.05, 3.63) is 82.9 Å². The highest BCUT2D eigenvalue weighted by atomic mass is 32.2. The topological polar surface area (TPSA) is 126 Å². The van der Waals surface area contributed by atoms with Gasteiger partial charge in [-0.3, -0.25) is 10.1 Å². The number of carbonyl (C=O) groups excluding carboxylic acids is 1. The third-order valence-electron chi connectivity index (χ3n) is 6.24. The maximum atomic E-state index is 13.5. The molecule has 10 heteroatoms. The molecule has 0 saturated heterocycles. The van der Waals surface area contributed by atoms with E-state index in [1.807, 2.05) is 12.1 Å². The number of fused-ring (bicyclic) bond motifs is 1. The van der Waals surface area contributed by atoms with Crippen LogP contribution in [0.3, 0.4) is 0 Å². The number of aromatic nitrogens is 1.